The molecule has 0 atom stereocenters. The molecule has 4 nitrogen and oxygen atoms in total. The minimum Gasteiger partial charge on any atom is -0.508 e. The van der Waals surface area contributed by atoms with Crippen LogP contribution in [-0.4, -0.2) is 22.1 Å². The molecule has 1 aromatic carbocycles. The van der Waals surface area contributed by atoms with Gasteiger partial charge in [0.2, 0.25) is 0 Å². The summed E-state index contributed by atoms with van der Waals surface area (Å²) in [6.07, 6.45) is 0.184. The van der Waals surface area contributed by atoms with E-state index in [1.54, 1.807) is 0 Å². The smallest absolute Gasteiger partial charge is 0.170 e. The van der Waals surface area contributed by atoms with Gasteiger partial charge in [-0.3, -0.25) is 4.79 Å². The van der Waals surface area contributed by atoms with E-state index in [0.717, 1.165) is 6.07 Å². The van der Waals surface area contributed by atoms with Crippen molar-refractivity contribution in [2.24, 2.45) is 5.92 Å². The molecule has 0 spiro atoms. The van der Waals surface area contributed by atoms with Crippen LogP contribution in [0.1, 0.15) is 44.5 Å². The summed E-state index contributed by atoms with van der Waals surface area (Å²) in [6, 6.07) is 2.51. The highest BCUT2D eigenvalue weighted by Crippen LogP contribution is 2.34. The first-order chi connectivity index (χ1) is 8.31. The molecule has 0 aromatic heterocycles. The van der Waals surface area contributed by atoms with Crippen LogP contribution in [0, 0.1) is 5.92 Å². The van der Waals surface area contributed by atoms with Gasteiger partial charge in [-0.25, -0.2) is 0 Å². The van der Waals surface area contributed by atoms with Gasteiger partial charge in [0.15, 0.2) is 5.78 Å². The number of phenolic OH excluding ortho intramolecular Hbond substituents is 2. The quantitative estimate of drug-likeness (QED) is 0.790. The molecule has 0 saturated carbocycles. The monoisotopic (exact) mass is 252 g/mol. The van der Waals surface area contributed by atoms with Gasteiger partial charge in [0.05, 0.1) is 6.10 Å². The Hall–Kier alpha value is -1.71. The van der Waals surface area contributed by atoms with E-state index in [2.05, 4.69) is 0 Å². The molecule has 2 N–H and O–H groups in total. The van der Waals surface area contributed by atoms with Crippen LogP contribution in [0.25, 0.3) is 0 Å². The standard InChI is InChI=1S/C14H20O4/c1-8(2)5-11(16)14-12(17)6-10(15)7-13(14)18-9(3)4/h6-9,15,17H,5H2,1-4H3. The Balaban J connectivity index is 3.18. The third-order valence-electron chi connectivity index (χ3n) is 2.30. The van der Waals surface area contributed by atoms with Crippen molar-refractivity contribution >= 4 is 5.78 Å². The molecule has 0 aliphatic heterocycles. The molecular weight excluding hydrogens is 232 g/mol. The largest absolute Gasteiger partial charge is 0.508 e. The number of hydrogen-bond donors (Lipinski definition) is 2. The maximum Gasteiger partial charge on any atom is 0.170 e. The number of rotatable bonds is 5. The minimum absolute atomic E-state index is 0.121. The molecule has 0 unspecified atom stereocenters. The Labute approximate surface area is 107 Å². The van der Waals surface area contributed by atoms with E-state index in [9.17, 15) is 15.0 Å². The second-order valence-electron chi connectivity index (χ2n) is 5.03. The van der Waals surface area contributed by atoms with Crippen LogP contribution < -0.4 is 4.74 Å². The van der Waals surface area contributed by atoms with Gasteiger partial charge in [0, 0.05) is 18.6 Å². The zero-order valence-corrected chi connectivity index (χ0v) is 11.2. The molecule has 1 aromatic rings. The predicted molar refractivity (Wildman–Crippen MR) is 69.3 cm³/mol. The predicted octanol–water partition coefficient (Wildman–Crippen LogP) is 3.11. The van der Waals surface area contributed by atoms with E-state index >= 15 is 0 Å². The summed E-state index contributed by atoms with van der Waals surface area (Å²) in [5.41, 5.74) is 0.148. The number of aromatic hydroxyl groups is 2. The molecule has 0 radical (unpaired) electrons. The average molecular weight is 252 g/mol. The van der Waals surface area contributed by atoms with E-state index < -0.39 is 0 Å². The molecule has 1 rings (SSSR count). The lowest BCUT2D eigenvalue weighted by molar-refractivity contribution is 0.0959. The summed E-state index contributed by atoms with van der Waals surface area (Å²) < 4.78 is 5.47. The Kier molecular flexibility index (Phi) is 4.59. The first-order valence-electron chi connectivity index (χ1n) is 6.07. The lowest BCUT2D eigenvalue weighted by Gasteiger charge is -2.15. The van der Waals surface area contributed by atoms with Crippen molar-refractivity contribution in [3.05, 3.63) is 17.7 Å². The fourth-order valence-corrected chi connectivity index (χ4v) is 1.69. The lowest BCUT2D eigenvalue weighted by atomic mass is 9.99. The number of ketones is 1. The van der Waals surface area contributed by atoms with Crippen LogP contribution in [0.3, 0.4) is 0 Å². The van der Waals surface area contributed by atoms with Crippen molar-refractivity contribution in [2.45, 2.75) is 40.2 Å². The molecule has 0 aliphatic carbocycles. The fraction of sp³-hybridized carbons (Fsp3) is 0.500. The number of carbonyl (C=O) groups excluding carboxylic acids is 1. The van der Waals surface area contributed by atoms with Gasteiger partial charge >= 0.3 is 0 Å². The molecule has 4 heteroatoms. The number of phenols is 2. The maximum absolute atomic E-state index is 12.1. The Morgan fingerprint density at radius 3 is 2.33 bits per heavy atom. The van der Waals surface area contributed by atoms with Crippen LogP contribution in [0.5, 0.6) is 17.2 Å². The van der Waals surface area contributed by atoms with Gasteiger partial charge in [-0.05, 0) is 19.8 Å². The highest BCUT2D eigenvalue weighted by Gasteiger charge is 2.20. The highest BCUT2D eigenvalue weighted by molar-refractivity contribution is 6.01. The van der Waals surface area contributed by atoms with Crippen molar-refractivity contribution < 1.29 is 19.7 Å². The first kappa shape index (κ1) is 14.4. The number of hydrogen-bond acceptors (Lipinski definition) is 4. The number of Topliss-reactive ketones (excluding diaryl/α,β-unsaturated/α-hetero) is 1. The van der Waals surface area contributed by atoms with E-state index in [1.807, 2.05) is 27.7 Å². The third kappa shape index (κ3) is 3.65. The van der Waals surface area contributed by atoms with Gasteiger partial charge in [-0.15, -0.1) is 0 Å². The van der Waals surface area contributed by atoms with E-state index in [1.165, 1.54) is 6.07 Å². The van der Waals surface area contributed by atoms with Crippen LogP contribution >= 0.6 is 0 Å². The second kappa shape index (κ2) is 5.76. The number of carbonyl (C=O) groups is 1. The summed E-state index contributed by atoms with van der Waals surface area (Å²) in [5.74, 6) is -0.121. The SMILES string of the molecule is CC(C)CC(=O)c1c(O)cc(O)cc1OC(C)C. The minimum atomic E-state index is -0.240. The zero-order valence-electron chi connectivity index (χ0n) is 11.2. The van der Waals surface area contributed by atoms with Crippen LogP contribution in [0.15, 0.2) is 12.1 Å². The second-order valence-corrected chi connectivity index (χ2v) is 5.03. The van der Waals surface area contributed by atoms with Crippen molar-refractivity contribution in [3.63, 3.8) is 0 Å². The molecule has 0 aliphatic rings. The van der Waals surface area contributed by atoms with Crippen LogP contribution in [0.4, 0.5) is 0 Å². The Morgan fingerprint density at radius 1 is 1.22 bits per heavy atom. The summed E-state index contributed by atoms with van der Waals surface area (Å²) in [7, 11) is 0. The fourth-order valence-electron chi connectivity index (χ4n) is 1.69. The summed E-state index contributed by atoms with van der Waals surface area (Å²) in [4.78, 5) is 12.1. The molecule has 0 heterocycles. The van der Waals surface area contributed by atoms with Gasteiger partial charge in [0.1, 0.15) is 22.8 Å². The molecule has 0 amide bonds. The molecule has 0 fully saturated rings. The summed E-state index contributed by atoms with van der Waals surface area (Å²) in [6.45, 7) is 7.49. The average Bonchev–Trinajstić information content (AvgIpc) is 2.12. The van der Waals surface area contributed by atoms with Gasteiger partial charge in [0.25, 0.3) is 0 Å². The van der Waals surface area contributed by atoms with E-state index in [-0.39, 0.29) is 40.6 Å². The molecule has 0 bridgehead atoms. The van der Waals surface area contributed by atoms with E-state index in [0.29, 0.717) is 6.42 Å². The summed E-state index contributed by atoms with van der Waals surface area (Å²) in [5, 5.41) is 19.3. The number of ether oxygens (including phenoxy) is 1. The van der Waals surface area contributed by atoms with Gasteiger partial charge in [-0.1, -0.05) is 13.8 Å². The first-order valence-corrected chi connectivity index (χ1v) is 6.07. The third-order valence-corrected chi connectivity index (χ3v) is 2.30. The normalized spacial score (nSPS) is 11.0. The molecule has 0 saturated heterocycles. The summed E-state index contributed by atoms with van der Waals surface area (Å²) >= 11 is 0. The Bertz CT molecular complexity index is 436. The molecular formula is C14H20O4. The van der Waals surface area contributed by atoms with Crippen LogP contribution in [0.2, 0.25) is 0 Å². The zero-order chi connectivity index (χ0) is 13.9. The van der Waals surface area contributed by atoms with Crippen molar-refractivity contribution in [1.29, 1.82) is 0 Å². The molecule has 100 valence electrons. The Morgan fingerprint density at radius 2 is 1.83 bits per heavy atom. The van der Waals surface area contributed by atoms with Crippen molar-refractivity contribution in [2.75, 3.05) is 0 Å². The van der Waals surface area contributed by atoms with Crippen molar-refractivity contribution in [3.8, 4) is 17.2 Å². The topological polar surface area (TPSA) is 66.8 Å². The lowest BCUT2D eigenvalue weighted by Crippen LogP contribution is -2.11. The highest BCUT2D eigenvalue weighted by atomic mass is 16.5. The maximum atomic E-state index is 12.1. The van der Waals surface area contributed by atoms with Crippen molar-refractivity contribution in [1.82, 2.24) is 0 Å². The van der Waals surface area contributed by atoms with Crippen LogP contribution in [-0.2, 0) is 0 Å². The molecule has 18 heavy (non-hydrogen) atoms. The van der Waals surface area contributed by atoms with Gasteiger partial charge < -0.3 is 14.9 Å². The van der Waals surface area contributed by atoms with Gasteiger partial charge in [-0.2, -0.15) is 0 Å². The van der Waals surface area contributed by atoms with E-state index in [4.69, 9.17) is 4.74 Å². The number of benzene rings is 1.